The Balaban J connectivity index is 2.27. The quantitative estimate of drug-likeness (QED) is 0.405. The molecule has 0 spiro atoms. The van der Waals surface area contributed by atoms with Gasteiger partial charge in [-0.05, 0) is 6.07 Å². The van der Waals surface area contributed by atoms with E-state index in [4.69, 9.17) is 16.0 Å². The lowest BCUT2D eigenvalue weighted by Crippen LogP contribution is -1.91. The summed E-state index contributed by atoms with van der Waals surface area (Å²) in [6.45, 7) is 0. The largest absolute Gasteiger partial charge is 0.433 e. The molecule has 0 radical (unpaired) electrons. The molecule has 0 atom stereocenters. The van der Waals surface area contributed by atoms with E-state index >= 15 is 0 Å². The van der Waals surface area contributed by atoms with E-state index in [0.29, 0.717) is 16.7 Å². The Kier molecular flexibility index (Phi) is 2.46. The number of aromatic nitrogens is 4. The molecule has 0 aliphatic heterocycles. The molecule has 0 aromatic carbocycles. The number of aryl methyl sites for hydroxylation is 1. The van der Waals surface area contributed by atoms with E-state index in [1.165, 1.54) is 23.1 Å². The molecule has 3 aromatic rings. The third-order valence-electron chi connectivity index (χ3n) is 2.58. The first kappa shape index (κ1) is 11.6. The van der Waals surface area contributed by atoms with Gasteiger partial charge in [-0.3, -0.25) is 10.1 Å². The highest BCUT2D eigenvalue weighted by atomic mass is 35.5. The average Bonchev–Trinajstić information content (AvgIpc) is 2.95. The van der Waals surface area contributed by atoms with Gasteiger partial charge in [0.05, 0.1) is 11.5 Å². The molecular weight excluding hydrogens is 274 g/mol. The van der Waals surface area contributed by atoms with E-state index in [0.717, 1.165) is 0 Å². The first-order chi connectivity index (χ1) is 9.08. The second-order valence-electron chi connectivity index (χ2n) is 3.73. The lowest BCUT2D eigenvalue weighted by molar-refractivity contribution is -0.401. The van der Waals surface area contributed by atoms with Gasteiger partial charge in [-0.15, -0.1) is 0 Å². The average molecular weight is 280 g/mol. The van der Waals surface area contributed by atoms with Gasteiger partial charge >= 0.3 is 5.88 Å². The van der Waals surface area contributed by atoms with Crippen molar-refractivity contribution in [2.75, 3.05) is 0 Å². The third-order valence-corrected chi connectivity index (χ3v) is 2.87. The fourth-order valence-electron chi connectivity index (χ4n) is 1.78. The Morgan fingerprint density at radius 3 is 2.89 bits per heavy atom. The Bertz CT molecular complexity index is 794. The molecule has 0 aliphatic carbocycles. The number of hydrogen-bond acceptors (Lipinski definition) is 6. The molecule has 8 nitrogen and oxygen atoms in total. The summed E-state index contributed by atoms with van der Waals surface area (Å²) in [7, 11) is 1.69. The van der Waals surface area contributed by atoms with Gasteiger partial charge in [0, 0.05) is 7.05 Å². The van der Waals surface area contributed by atoms with Crippen molar-refractivity contribution in [2.45, 2.75) is 0 Å². The van der Waals surface area contributed by atoms with Crippen molar-refractivity contribution in [3.8, 4) is 11.5 Å². The minimum Gasteiger partial charge on any atom is -0.399 e. The van der Waals surface area contributed by atoms with E-state index in [-0.39, 0.29) is 16.8 Å². The van der Waals surface area contributed by atoms with Crippen LogP contribution in [-0.4, -0.2) is 24.7 Å². The molecule has 3 rings (SSSR count). The first-order valence-electron chi connectivity index (χ1n) is 5.15. The van der Waals surface area contributed by atoms with Crippen molar-refractivity contribution >= 4 is 28.5 Å². The summed E-state index contributed by atoms with van der Waals surface area (Å²) in [5.74, 6) is -0.115. The lowest BCUT2D eigenvalue weighted by Gasteiger charge is -1.93. The molecule has 0 bridgehead atoms. The summed E-state index contributed by atoms with van der Waals surface area (Å²) in [6.07, 6.45) is 1.32. The van der Waals surface area contributed by atoms with Gasteiger partial charge in [0.2, 0.25) is 0 Å². The predicted octanol–water partition coefficient (Wildman–Crippen LogP) is 2.18. The molecule has 3 heterocycles. The van der Waals surface area contributed by atoms with Crippen molar-refractivity contribution in [1.82, 2.24) is 19.7 Å². The summed E-state index contributed by atoms with van der Waals surface area (Å²) in [4.78, 5) is 17.9. The molecular formula is C10H6ClN5O3. The molecule has 0 fully saturated rings. The van der Waals surface area contributed by atoms with Crippen LogP contribution < -0.4 is 0 Å². The van der Waals surface area contributed by atoms with E-state index in [1.807, 2.05) is 0 Å². The number of furan rings is 1. The van der Waals surface area contributed by atoms with E-state index in [2.05, 4.69) is 15.1 Å². The second-order valence-corrected chi connectivity index (χ2v) is 4.09. The monoisotopic (exact) mass is 279 g/mol. The van der Waals surface area contributed by atoms with Crippen LogP contribution in [-0.2, 0) is 7.05 Å². The SMILES string of the molecule is Cn1nc(-c2ccc([N+](=O)[O-])o2)c2c(Cl)ncnc21. The maximum Gasteiger partial charge on any atom is 0.433 e. The smallest absolute Gasteiger partial charge is 0.399 e. The summed E-state index contributed by atoms with van der Waals surface area (Å²) in [5.41, 5.74) is 0.894. The van der Waals surface area contributed by atoms with Crippen LogP contribution in [0.5, 0.6) is 0 Å². The second kappa shape index (κ2) is 4.02. The predicted molar refractivity (Wildman–Crippen MR) is 65.7 cm³/mol. The Hall–Kier alpha value is -2.48. The number of halogens is 1. The highest BCUT2D eigenvalue weighted by Crippen LogP contribution is 2.33. The van der Waals surface area contributed by atoms with Gasteiger partial charge in [0.15, 0.2) is 11.4 Å². The Morgan fingerprint density at radius 2 is 2.21 bits per heavy atom. The molecule has 0 saturated heterocycles. The van der Waals surface area contributed by atoms with Crippen molar-refractivity contribution in [1.29, 1.82) is 0 Å². The fraction of sp³-hybridized carbons (Fsp3) is 0.100. The molecule has 3 aromatic heterocycles. The van der Waals surface area contributed by atoms with Crippen molar-refractivity contribution < 1.29 is 9.34 Å². The Morgan fingerprint density at radius 1 is 1.42 bits per heavy atom. The maximum absolute atomic E-state index is 10.6. The molecule has 0 unspecified atom stereocenters. The minimum absolute atomic E-state index is 0.215. The summed E-state index contributed by atoms with van der Waals surface area (Å²) in [5, 5.41) is 15.5. The molecule has 0 N–H and O–H groups in total. The fourth-order valence-corrected chi connectivity index (χ4v) is 2.00. The van der Waals surface area contributed by atoms with Crippen LogP contribution in [0.15, 0.2) is 22.9 Å². The van der Waals surface area contributed by atoms with Gasteiger partial charge in [0.25, 0.3) is 0 Å². The number of nitrogens with zero attached hydrogens (tertiary/aromatic N) is 5. The Labute approximate surface area is 110 Å². The molecule has 0 saturated carbocycles. The van der Waals surface area contributed by atoms with E-state index in [9.17, 15) is 10.1 Å². The zero-order valence-electron chi connectivity index (χ0n) is 9.57. The lowest BCUT2D eigenvalue weighted by atomic mass is 10.2. The van der Waals surface area contributed by atoms with Crippen molar-refractivity contribution in [3.05, 3.63) is 33.7 Å². The van der Waals surface area contributed by atoms with Gasteiger partial charge in [-0.2, -0.15) is 5.10 Å². The first-order valence-corrected chi connectivity index (χ1v) is 5.53. The van der Waals surface area contributed by atoms with Gasteiger partial charge in [0.1, 0.15) is 22.1 Å². The number of hydrogen-bond donors (Lipinski definition) is 0. The van der Waals surface area contributed by atoms with Crippen LogP contribution in [0.2, 0.25) is 5.15 Å². The molecule has 9 heteroatoms. The normalized spacial score (nSPS) is 11.1. The van der Waals surface area contributed by atoms with Crippen LogP contribution in [0.4, 0.5) is 5.88 Å². The number of fused-ring (bicyclic) bond motifs is 1. The van der Waals surface area contributed by atoms with Crippen LogP contribution in [0, 0.1) is 10.1 Å². The minimum atomic E-state index is -0.618. The zero-order valence-corrected chi connectivity index (χ0v) is 10.3. The van der Waals surface area contributed by atoms with E-state index < -0.39 is 4.92 Å². The highest BCUT2D eigenvalue weighted by Gasteiger charge is 2.21. The highest BCUT2D eigenvalue weighted by molar-refractivity contribution is 6.34. The zero-order chi connectivity index (χ0) is 13.6. The van der Waals surface area contributed by atoms with Gasteiger partial charge in [-0.1, -0.05) is 11.6 Å². The number of nitro groups is 1. The molecule has 0 amide bonds. The topological polar surface area (TPSA) is 99.9 Å². The van der Waals surface area contributed by atoms with Crippen LogP contribution in [0.25, 0.3) is 22.5 Å². The van der Waals surface area contributed by atoms with E-state index in [1.54, 1.807) is 7.05 Å². The van der Waals surface area contributed by atoms with Crippen LogP contribution in [0.1, 0.15) is 0 Å². The number of rotatable bonds is 2. The van der Waals surface area contributed by atoms with Crippen molar-refractivity contribution in [2.24, 2.45) is 7.05 Å². The maximum atomic E-state index is 10.6. The third kappa shape index (κ3) is 1.73. The summed E-state index contributed by atoms with van der Waals surface area (Å²) < 4.78 is 6.62. The molecule has 0 aliphatic rings. The van der Waals surface area contributed by atoms with Crippen LogP contribution >= 0.6 is 11.6 Å². The summed E-state index contributed by atoms with van der Waals surface area (Å²) >= 11 is 6.01. The molecule has 96 valence electrons. The standard InChI is InChI=1S/C10H6ClN5O3/c1-15-10-7(9(11)12-4-13-10)8(14-15)5-2-3-6(19-5)16(17)18/h2-4H,1H3. The van der Waals surface area contributed by atoms with Gasteiger partial charge < -0.3 is 4.42 Å². The van der Waals surface area contributed by atoms with Crippen LogP contribution in [0.3, 0.4) is 0 Å². The van der Waals surface area contributed by atoms with Crippen molar-refractivity contribution in [3.63, 3.8) is 0 Å². The van der Waals surface area contributed by atoms with Gasteiger partial charge in [-0.25, -0.2) is 14.6 Å². The summed E-state index contributed by atoms with van der Waals surface area (Å²) in [6, 6.07) is 2.72. The molecule has 19 heavy (non-hydrogen) atoms.